The first-order chi connectivity index (χ1) is 16.7. The van der Waals surface area contributed by atoms with Crippen LogP contribution in [0.25, 0.3) is 0 Å². The summed E-state index contributed by atoms with van der Waals surface area (Å²) < 4.78 is 11.1. The molecular weight excluding hydrogens is 448 g/mol. The summed E-state index contributed by atoms with van der Waals surface area (Å²) in [5.74, 6) is 1.38. The van der Waals surface area contributed by atoms with E-state index in [0.717, 1.165) is 51.5 Å². The summed E-state index contributed by atoms with van der Waals surface area (Å²) in [5, 5.41) is 6.28. The zero-order valence-corrected chi connectivity index (χ0v) is 21.8. The quantitative estimate of drug-likeness (QED) is 0.612. The van der Waals surface area contributed by atoms with Crippen LogP contribution in [-0.4, -0.2) is 84.4 Å². The molecular formula is C26H44N4O5. The van der Waals surface area contributed by atoms with Gasteiger partial charge in [-0.05, 0) is 77.6 Å². The van der Waals surface area contributed by atoms with Gasteiger partial charge in [0.25, 0.3) is 0 Å². The number of hydrogen-bond acceptors (Lipinski definition) is 6. The Morgan fingerprint density at radius 3 is 2.40 bits per heavy atom. The molecule has 35 heavy (non-hydrogen) atoms. The summed E-state index contributed by atoms with van der Waals surface area (Å²) in [5.41, 5.74) is 0. The number of nitrogens with zero attached hydrogens (tertiary/aromatic N) is 2. The Kier molecular flexibility index (Phi) is 8.58. The molecule has 4 fully saturated rings. The van der Waals surface area contributed by atoms with Crippen LogP contribution in [0.15, 0.2) is 0 Å². The monoisotopic (exact) mass is 492 g/mol. The molecule has 5 atom stereocenters. The van der Waals surface area contributed by atoms with Gasteiger partial charge < -0.3 is 24.6 Å². The van der Waals surface area contributed by atoms with Crippen molar-refractivity contribution in [1.82, 2.24) is 20.4 Å². The highest BCUT2D eigenvalue weighted by Crippen LogP contribution is 2.44. The third-order valence-corrected chi connectivity index (χ3v) is 8.51. The molecule has 2 aliphatic carbocycles. The lowest BCUT2D eigenvalue weighted by molar-refractivity contribution is -0.142. The first-order valence-electron chi connectivity index (χ1n) is 13.6. The van der Waals surface area contributed by atoms with Gasteiger partial charge in [-0.3, -0.25) is 14.9 Å². The van der Waals surface area contributed by atoms with Gasteiger partial charge in [0.05, 0.1) is 31.3 Å². The molecule has 4 aliphatic rings. The minimum absolute atomic E-state index is 0.0000312. The summed E-state index contributed by atoms with van der Waals surface area (Å²) in [7, 11) is 0. The molecule has 2 saturated heterocycles. The van der Waals surface area contributed by atoms with Crippen molar-refractivity contribution in [1.29, 1.82) is 0 Å². The van der Waals surface area contributed by atoms with E-state index in [1.54, 1.807) is 6.92 Å². The van der Waals surface area contributed by atoms with E-state index in [2.05, 4.69) is 10.6 Å². The molecule has 0 aromatic carbocycles. The smallest absolute Gasteiger partial charge is 0.410 e. The number of ether oxygens (including phenoxy) is 2. The molecule has 3 amide bonds. The second-order valence-electron chi connectivity index (χ2n) is 11.2. The van der Waals surface area contributed by atoms with Crippen molar-refractivity contribution in [2.75, 3.05) is 26.2 Å². The van der Waals surface area contributed by atoms with Crippen molar-refractivity contribution in [2.24, 2.45) is 17.8 Å². The van der Waals surface area contributed by atoms with Crippen LogP contribution in [0.2, 0.25) is 0 Å². The first kappa shape index (κ1) is 26.2. The fourth-order valence-electron chi connectivity index (χ4n) is 6.91. The molecule has 4 unspecified atom stereocenters. The van der Waals surface area contributed by atoms with Gasteiger partial charge in [-0.25, -0.2) is 4.79 Å². The third kappa shape index (κ3) is 6.10. The van der Waals surface area contributed by atoms with Crippen molar-refractivity contribution in [3.8, 4) is 0 Å². The fourth-order valence-corrected chi connectivity index (χ4v) is 6.91. The van der Waals surface area contributed by atoms with Crippen molar-refractivity contribution in [2.45, 2.75) is 103 Å². The van der Waals surface area contributed by atoms with Crippen molar-refractivity contribution >= 4 is 17.9 Å². The van der Waals surface area contributed by atoms with Gasteiger partial charge in [0, 0.05) is 32.0 Å². The molecule has 0 spiro atoms. The molecule has 2 heterocycles. The standard InChI is InChI=1S/C26H44N4O5/c1-16(2)35-26(33)29-15-17(3)30(18(4)31)22-10-9-21(13-23(22)29)19-5-7-20(8-6-19)25(32)28-14-24-27-11-12-34-24/h16-17,19-24,27H,5-15H2,1-4H3,(H,28,32)/t17-,19?,20?,21?,22?,23?,24?/m0/s1. The second kappa shape index (κ2) is 11.5. The van der Waals surface area contributed by atoms with Crippen LogP contribution in [0.5, 0.6) is 0 Å². The Balaban J connectivity index is 1.34. The van der Waals surface area contributed by atoms with E-state index in [0.29, 0.717) is 31.5 Å². The molecule has 0 aromatic rings. The van der Waals surface area contributed by atoms with E-state index in [1.807, 2.05) is 30.6 Å². The largest absolute Gasteiger partial charge is 0.447 e. The normalized spacial score (nSPS) is 35.5. The Bertz CT molecular complexity index is 763. The van der Waals surface area contributed by atoms with Gasteiger partial charge >= 0.3 is 6.09 Å². The van der Waals surface area contributed by atoms with E-state index >= 15 is 0 Å². The number of rotatable bonds is 5. The lowest BCUT2D eigenvalue weighted by Gasteiger charge is -2.54. The summed E-state index contributed by atoms with van der Waals surface area (Å²) >= 11 is 0. The summed E-state index contributed by atoms with van der Waals surface area (Å²) in [6.45, 7) is 10.0. The highest BCUT2D eigenvalue weighted by molar-refractivity contribution is 5.78. The van der Waals surface area contributed by atoms with Gasteiger partial charge in [0.2, 0.25) is 11.8 Å². The van der Waals surface area contributed by atoms with Crippen molar-refractivity contribution < 1.29 is 23.9 Å². The number of carbonyl (C=O) groups is 3. The van der Waals surface area contributed by atoms with E-state index in [9.17, 15) is 14.4 Å². The average molecular weight is 493 g/mol. The Morgan fingerprint density at radius 2 is 1.77 bits per heavy atom. The molecule has 9 heteroatoms. The maximum absolute atomic E-state index is 13.0. The molecule has 9 nitrogen and oxygen atoms in total. The average Bonchev–Trinajstić information content (AvgIpc) is 3.35. The SMILES string of the molecule is CC(=O)N1C2CCC(C3CCC(C(=O)NCC4NCCO4)CC3)CC2N(C(=O)OC(C)C)C[C@@H]1C. The maximum atomic E-state index is 13.0. The van der Waals surface area contributed by atoms with Gasteiger partial charge in [-0.1, -0.05) is 0 Å². The summed E-state index contributed by atoms with van der Waals surface area (Å²) in [4.78, 5) is 42.0. The Labute approximate surface area is 209 Å². The van der Waals surface area contributed by atoms with Gasteiger partial charge in [-0.2, -0.15) is 0 Å². The predicted octanol–water partition coefficient (Wildman–Crippen LogP) is 2.49. The van der Waals surface area contributed by atoms with Crippen LogP contribution in [-0.2, 0) is 19.1 Å². The van der Waals surface area contributed by atoms with Crippen LogP contribution < -0.4 is 10.6 Å². The highest BCUT2D eigenvalue weighted by Gasteiger charge is 2.48. The van der Waals surface area contributed by atoms with Crippen molar-refractivity contribution in [3.63, 3.8) is 0 Å². The van der Waals surface area contributed by atoms with Gasteiger partial charge in [0.15, 0.2) is 0 Å². The molecule has 0 aromatic heterocycles. The van der Waals surface area contributed by atoms with Gasteiger partial charge in [0.1, 0.15) is 6.23 Å². The van der Waals surface area contributed by atoms with Crippen LogP contribution in [0.3, 0.4) is 0 Å². The number of amides is 3. The van der Waals surface area contributed by atoms with E-state index in [1.165, 1.54) is 0 Å². The highest BCUT2D eigenvalue weighted by atomic mass is 16.6. The lowest BCUT2D eigenvalue weighted by Crippen LogP contribution is -2.67. The Hall–Kier alpha value is -1.87. The Morgan fingerprint density at radius 1 is 1.06 bits per heavy atom. The van der Waals surface area contributed by atoms with Crippen LogP contribution in [0.1, 0.15) is 72.6 Å². The molecule has 2 saturated carbocycles. The molecule has 2 N–H and O–H groups in total. The van der Waals surface area contributed by atoms with E-state index in [4.69, 9.17) is 9.47 Å². The fraction of sp³-hybridized carbons (Fsp3) is 0.885. The minimum atomic E-state index is -0.258. The minimum Gasteiger partial charge on any atom is -0.447 e. The maximum Gasteiger partial charge on any atom is 0.410 e. The predicted molar refractivity (Wildman–Crippen MR) is 131 cm³/mol. The molecule has 0 radical (unpaired) electrons. The third-order valence-electron chi connectivity index (χ3n) is 8.51. The summed E-state index contributed by atoms with van der Waals surface area (Å²) in [6, 6.07) is 0.0459. The van der Waals surface area contributed by atoms with E-state index in [-0.39, 0.29) is 54.3 Å². The number of carbonyl (C=O) groups excluding carboxylic acids is 3. The van der Waals surface area contributed by atoms with Crippen LogP contribution in [0, 0.1) is 17.8 Å². The summed E-state index contributed by atoms with van der Waals surface area (Å²) in [6.07, 6.45) is 6.31. The first-order valence-corrected chi connectivity index (χ1v) is 13.6. The molecule has 2 aliphatic heterocycles. The van der Waals surface area contributed by atoms with Crippen LogP contribution in [0.4, 0.5) is 4.79 Å². The number of fused-ring (bicyclic) bond motifs is 1. The number of hydrogen-bond donors (Lipinski definition) is 2. The molecule has 4 rings (SSSR count). The number of piperazine rings is 1. The zero-order valence-electron chi connectivity index (χ0n) is 21.8. The van der Waals surface area contributed by atoms with Gasteiger partial charge in [-0.15, -0.1) is 0 Å². The molecule has 198 valence electrons. The second-order valence-corrected chi connectivity index (χ2v) is 11.2. The topological polar surface area (TPSA) is 100 Å². The lowest BCUT2D eigenvalue weighted by atomic mass is 9.68. The number of nitrogens with one attached hydrogen (secondary N) is 2. The van der Waals surface area contributed by atoms with Crippen LogP contribution >= 0.6 is 0 Å². The zero-order chi connectivity index (χ0) is 25.1. The molecule has 0 bridgehead atoms. The van der Waals surface area contributed by atoms with E-state index < -0.39 is 0 Å². The van der Waals surface area contributed by atoms with Crippen molar-refractivity contribution in [3.05, 3.63) is 0 Å².